The van der Waals surface area contributed by atoms with Crippen molar-refractivity contribution < 1.29 is 64.6 Å². The van der Waals surface area contributed by atoms with Crippen molar-refractivity contribution >= 4 is 5.91 Å². The highest BCUT2D eigenvalue weighted by Gasteiger charge is 2.51. The highest BCUT2D eigenvalue weighted by molar-refractivity contribution is 5.76. The zero-order valence-electron chi connectivity index (χ0n) is 45.8. The van der Waals surface area contributed by atoms with Crippen molar-refractivity contribution in [3.8, 4) is 0 Å². The number of aliphatic hydroxyl groups excluding tert-OH is 8. The van der Waals surface area contributed by atoms with E-state index in [1.165, 1.54) is 109 Å². The van der Waals surface area contributed by atoms with Gasteiger partial charge in [0, 0.05) is 6.42 Å². The first-order chi connectivity index (χ1) is 36.1. The number of hydrogen-bond acceptors (Lipinski definition) is 13. The molecule has 2 heterocycles. The van der Waals surface area contributed by atoms with Gasteiger partial charge in [0.2, 0.25) is 5.91 Å². The third-order valence-electron chi connectivity index (χ3n) is 13.9. The quantitative estimate of drug-likeness (QED) is 0.0205. The van der Waals surface area contributed by atoms with Gasteiger partial charge in [-0.05, 0) is 51.4 Å². The lowest BCUT2D eigenvalue weighted by atomic mass is 9.97. The van der Waals surface area contributed by atoms with Crippen molar-refractivity contribution in [3.63, 3.8) is 0 Å². The largest absolute Gasteiger partial charge is 0.394 e. The van der Waals surface area contributed by atoms with Gasteiger partial charge >= 0.3 is 0 Å². The predicted octanol–water partition coefficient (Wildman–Crippen LogP) is 9.55. The van der Waals surface area contributed by atoms with Crippen LogP contribution in [0, 0.1) is 0 Å². The summed E-state index contributed by atoms with van der Waals surface area (Å²) in [6, 6.07) is -0.874. The Balaban J connectivity index is 1.80. The molecule has 0 aliphatic carbocycles. The first kappa shape index (κ1) is 67.5. The first-order valence-electron chi connectivity index (χ1n) is 29.2. The molecule has 9 N–H and O–H groups in total. The van der Waals surface area contributed by atoms with E-state index in [9.17, 15) is 45.6 Å². The SMILES string of the molecule is CC/C=C\C/C=C\C/C=C\C/C=C\C/C=C\C/C=C\CCC(=O)NC(COC1OC(CO)C(OC2OC(CO)C(O)C(O)C2O)C(O)C1O)C(O)CCCCCCCCCCCCCCCCCCCCCCC. The molecule has 0 spiro atoms. The van der Waals surface area contributed by atoms with E-state index < -0.39 is 86.8 Å². The average Bonchev–Trinajstić information content (AvgIpc) is 3.40. The number of aliphatic hydroxyl groups is 8. The van der Waals surface area contributed by atoms with Gasteiger partial charge in [-0.2, -0.15) is 0 Å². The molecule has 14 heteroatoms. The number of amides is 1. The van der Waals surface area contributed by atoms with E-state index in [2.05, 4.69) is 79.9 Å². The summed E-state index contributed by atoms with van der Waals surface area (Å²) in [5.41, 5.74) is 0. The van der Waals surface area contributed by atoms with Crippen molar-refractivity contribution in [1.29, 1.82) is 0 Å². The zero-order chi connectivity index (χ0) is 53.9. The Morgan fingerprint density at radius 2 is 0.905 bits per heavy atom. The minimum atomic E-state index is -1.79. The lowest BCUT2D eigenvalue weighted by Crippen LogP contribution is -2.65. The summed E-state index contributed by atoms with van der Waals surface area (Å²) < 4.78 is 22.8. The van der Waals surface area contributed by atoms with Crippen LogP contribution in [0.5, 0.6) is 0 Å². The van der Waals surface area contributed by atoms with Crippen LogP contribution in [0.4, 0.5) is 0 Å². The van der Waals surface area contributed by atoms with E-state index in [0.29, 0.717) is 12.8 Å². The van der Waals surface area contributed by atoms with Gasteiger partial charge in [-0.3, -0.25) is 4.79 Å². The maximum atomic E-state index is 13.2. The smallest absolute Gasteiger partial charge is 0.220 e. The standard InChI is InChI=1S/C60H105NO13/c1-3-5-7-9-11-13-15-17-19-21-23-24-26-27-29-31-33-35-37-39-41-43-49(64)48(61-52(65)44-42-40-38-36-34-32-30-28-25-22-20-18-16-14-12-10-8-6-4-2)47-71-59-57(70)55(68)58(51(46-63)73-59)74-60-56(69)54(67)53(66)50(45-62)72-60/h6,8,12,14,18,20,25,28,32,34,38,40,48-51,53-60,62-64,66-70H,3-5,7,9-11,13,15-17,19,21-24,26-27,29-31,33,35-37,39,41-47H2,1-2H3,(H,61,65)/b8-6-,14-12-,20-18-,28-25-,34-32-,40-38-. The molecule has 0 aromatic heterocycles. The normalized spacial score (nSPS) is 25.8. The molecule has 14 nitrogen and oxygen atoms in total. The van der Waals surface area contributed by atoms with E-state index in [1.807, 2.05) is 12.2 Å². The lowest BCUT2D eigenvalue weighted by Gasteiger charge is -2.46. The summed E-state index contributed by atoms with van der Waals surface area (Å²) in [4.78, 5) is 13.2. The lowest BCUT2D eigenvalue weighted by molar-refractivity contribution is -0.359. The second-order valence-electron chi connectivity index (χ2n) is 20.4. The molecule has 0 saturated carbocycles. The van der Waals surface area contributed by atoms with E-state index in [1.54, 1.807) is 0 Å². The number of nitrogens with one attached hydrogen (secondary N) is 1. The molecular weight excluding hydrogens is 943 g/mol. The van der Waals surface area contributed by atoms with Crippen LogP contribution in [0.25, 0.3) is 0 Å². The van der Waals surface area contributed by atoms with Gasteiger partial charge in [0.15, 0.2) is 12.6 Å². The Kier molecular flexibility index (Phi) is 41.5. The maximum absolute atomic E-state index is 13.2. The van der Waals surface area contributed by atoms with Gasteiger partial charge in [0.25, 0.3) is 0 Å². The summed E-state index contributed by atoms with van der Waals surface area (Å²) in [6.45, 7) is 2.70. The number of carbonyl (C=O) groups excluding carboxylic acids is 1. The summed E-state index contributed by atoms with van der Waals surface area (Å²) in [5.74, 6) is -0.289. The van der Waals surface area contributed by atoms with Crippen LogP contribution in [-0.4, -0.2) is 140 Å². The molecule has 0 radical (unpaired) electrons. The number of carbonyl (C=O) groups is 1. The van der Waals surface area contributed by atoms with Gasteiger partial charge < -0.3 is 65.1 Å². The van der Waals surface area contributed by atoms with Crippen LogP contribution in [0.1, 0.15) is 206 Å². The fourth-order valence-electron chi connectivity index (χ4n) is 9.26. The van der Waals surface area contributed by atoms with Gasteiger partial charge in [-0.25, -0.2) is 0 Å². The van der Waals surface area contributed by atoms with Gasteiger partial charge in [-0.15, -0.1) is 0 Å². The molecule has 2 aliphatic heterocycles. The second kappa shape index (κ2) is 45.4. The number of rotatable bonds is 45. The number of hydrogen-bond donors (Lipinski definition) is 9. The Labute approximate surface area is 447 Å². The van der Waals surface area contributed by atoms with E-state index >= 15 is 0 Å². The van der Waals surface area contributed by atoms with Crippen molar-refractivity contribution in [2.75, 3.05) is 19.8 Å². The van der Waals surface area contributed by atoms with Crippen LogP contribution in [-0.2, 0) is 23.7 Å². The highest BCUT2D eigenvalue weighted by atomic mass is 16.7. The van der Waals surface area contributed by atoms with Gasteiger partial charge in [0.05, 0.1) is 32.0 Å². The van der Waals surface area contributed by atoms with E-state index in [-0.39, 0.29) is 18.9 Å². The number of ether oxygens (including phenoxy) is 4. The van der Waals surface area contributed by atoms with Crippen molar-refractivity contribution in [2.24, 2.45) is 0 Å². The molecule has 0 bridgehead atoms. The van der Waals surface area contributed by atoms with Crippen LogP contribution >= 0.6 is 0 Å². The van der Waals surface area contributed by atoms with Crippen LogP contribution in [0.15, 0.2) is 72.9 Å². The van der Waals surface area contributed by atoms with Crippen LogP contribution < -0.4 is 5.32 Å². The Hall–Kier alpha value is -2.57. The summed E-state index contributed by atoms with van der Waals surface area (Å²) >= 11 is 0. The van der Waals surface area contributed by atoms with E-state index in [0.717, 1.165) is 64.2 Å². The summed E-state index contributed by atoms with van der Waals surface area (Å²) in [7, 11) is 0. The Morgan fingerprint density at radius 3 is 1.35 bits per heavy atom. The average molecular weight is 1050 g/mol. The fourth-order valence-corrected chi connectivity index (χ4v) is 9.26. The maximum Gasteiger partial charge on any atom is 0.220 e. The van der Waals surface area contributed by atoms with Crippen LogP contribution in [0.2, 0.25) is 0 Å². The molecule has 12 unspecified atom stereocenters. The van der Waals surface area contributed by atoms with E-state index in [4.69, 9.17) is 18.9 Å². The molecule has 12 atom stereocenters. The molecule has 1 amide bonds. The summed E-state index contributed by atoms with van der Waals surface area (Å²) in [6.07, 6.45) is 42.0. The minimum absolute atomic E-state index is 0.176. The van der Waals surface area contributed by atoms with Gasteiger partial charge in [0.1, 0.15) is 48.8 Å². The van der Waals surface area contributed by atoms with Crippen molar-refractivity contribution in [1.82, 2.24) is 5.32 Å². The monoisotopic (exact) mass is 1050 g/mol. The van der Waals surface area contributed by atoms with Crippen molar-refractivity contribution in [2.45, 2.75) is 280 Å². The molecule has 2 aliphatic rings. The second-order valence-corrected chi connectivity index (χ2v) is 20.4. The Bertz CT molecular complexity index is 1520. The zero-order valence-corrected chi connectivity index (χ0v) is 45.8. The molecule has 0 aromatic carbocycles. The molecule has 2 rings (SSSR count). The molecule has 2 saturated heterocycles. The highest BCUT2D eigenvalue weighted by Crippen LogP contribution is 2.30. The molecule has 428 valence electrons. The van der Waals surface area contributed by atoms with Crippen molar-refractivity contribution in [3.05, 3.63) is 72.9 Å². The number of unbranched alkanes of at least 4 members (excludes halogenated alkanes) is 20. The predicted molar refractivity (Wildman–Crippen MR) is 295 cm³/mol. The molecule has 2 fully saturated rings. The molecule has 74 heavy (non-hydrogen) atoms. The van der Waals surface area contributed by atoms with Crippen LogP contribution in [0.3, 0.4) is 0 Å². The molecular formula is C60H105NO13. The number of allylic oxidation sites excluding steroid dienone is 12. The third kappa shape index (κ3) is 31.0. The Morgan fingerprint density at radius 1 is 0.500 bits per heavy atom. The topological polar surface area (TPSA) is 228 Å². The summed E-state index contributed by atoms with van der Waals surface area (Å²) in [5, 5.41) is 87.2. The molecule has 0 aromatic rings. The first-order valence-corrected chi connectivity index (χ1v) is 29.2. The third-order valence-corrected chi connectivity index (χ3v) is 13.9. The fraction of sp³-hybridized carbons (Fsp3) is 0.783. The van der Waals surface area contributed by atoms with Gasteiger partial charge in [-0.1, -0.05) is 222 Å². The minimum Gasteiger partial charge on any atom is -0.394 e.